The Labute approximate surface area is 112 Å². The molecule has 102 valence electrons. The lowest BCUT2D eigenvalue weighted by atomic mass is 9.83. The van der Waals surface area contributed by atoms with Gasteiger partial charge in [-0.25, -0.2) is 0 Å². The summed E-state index contributed by atoms with van der Waals surface area (Å²) >= 11 is 0. The molecule has 2 heteroatoms. The molecular weight excluding hydrogens is 222 g/mol. The molecule has 0 aromatic heterocycles. The van der Waals surface area contributed by atoms with Crippen LogP contribution in [-0.4, -0.2) is 19.7 Å². The van der Waals surface area contributed by atoms with Crippen molar-refractivity contribution in [3.05, 3.63) is 29.8 Å². The van der Waals surface area contributed by atoms with Crippen molar-refractivity contribution in [1.29, 1.82) is 0 Å². The molecule has 1 aromatic carbocycles. The number of methoxy groups -OCH3 is 1. The lowest BCUT2D eigenvalue weighted by Gasteiger charge is -2.28. The highest BCUT2D eigenvalue weighted by atomic mass is 16.5. The molecule has 2 nitrogen and oxygen atoms in total. The van der Waals surface area contributed by atoms with E-state index in [-0.39, 0.29) is 0 Å². The third kappa shape index (κ3) is 4.02. The van der Waals surface area contributed by atoms with Crippen LogP contribution in [0.3, 0.4) is 0 Å². The van der Waals surface area contributed by atoms with Crippen LogP contribution in [0.2, 0.25) is 0 Å². The van der Waals surface area contributed by atoms with Gasteiger partial charge < -0.3 is 10.1 Å². The number of benzene rings is 1. The second-order valence-electron chi connectivity index (χ2n) is 5.27. The first kappa shape index (κ1) is 15.0. The molecule has 0 fully saturated rings. The minimum absolute atomic E-state index is 0.528. The first-order valence-electron chi connectivity index (χ1n) is 6.95. The predicted molar refractivity (Wildman–Crippen MR) is 78.2 cm³/mol. The summed E-state index contributed by atoms with van der Waals surface area (Å²) in [5, 5.41) is 3.54. The van der Waals surface area contributed by atoms with Crippen LogP contribution in [0.15, 0.2) is 24.3 Å². The number of para-hydroxylation sites is 1. The van der Waals surface area contributed by atoms with E-state index in [1.165, 1.54) is 5.56 Å². The number of ether oxygens (including phenoxy) is 1. The standard InChI is InChI=1S/C16H27NO/c1-6-17-13(4)15(12(2)3)11-14-9-7-8-10-16(14)18-5/h7-10,12-13,15,17H,6,11H2,1-5H3. The van der Waals surface area contributed by atoms with Crippen molar-refractivity contribution in [2.24, 2.45) is 11.8 Å². The maximum absolute atomic E-state index is 5.45. The molecule has 0 aliphatic heterocycles. The molecule has 1 rings (SSSR count). The minimum atomic E-state index is 0.528. The van der Waals surface area contributed by atoms with Gasteiger partial charge in [0.05, 0.1) is 7.11 Å². The van der Waals surface area contributed by atoms with Crippen molar-refractivity contribution in [3.8, 4) is 5.75 Å². The van der Waals surface area contributed by atoms with Crippen LogP contribution < -0.4 is 10.1 Å². The monoisotopic (exact) mass is 249 g/mol. The summed E-state index contributed by atoms with van der Waals surface area (Å²) in [4.78, 5) is 0. The van der Waals surface area contributed by atoms with Crippen molar-refractivity contribution in [2.75, 3.05) is 13.7 Å². The van der Waals surface area contributed by atoms with Gasteiger partial charge in [0.1, 0.15) is 5.75 Å². The molecule has 0 saturated carbocycles. The summed E-state index contributed by atoms with van der Waals surface area (Å²) in [5.41, 5.74) is 1.31. The molecule has 2 unspecified atom stereocenters. The SMILES string of the molecule is CCNC(C)C(Cc1ccccc1OC)C(C)C. The van der Waals surface area contributed by atoms with Gasteiger partial charge in [-0.15, -0.1) is 0 Å². The molecule has 0 spiro atoms. The summed E-state index contributed by atoms with van der Waals surface area (Å²) in [6, 6.07) is 8.87. The Balaban J connectivity index is 2.83. The molecule has 1 N–H and O–H groups in total. The average Bonchev–Trinajstić information content (AvgIpc) is 2.36. The van der Waals surface area contributed by atoms with Crippen LogP contribution in [0.25, 0.3) is 0 Å². The molecule has 0 aliphatic rings. The number of hydrogen-bond donors (Lipinski definition) is 1. The molecular formula is C16H27NO. The van der Waals surface area contributed by atoms with E-state index in [0.29, 0.717) is 17.9 Å². The smallest absolute Gasteiger partial charge is 0.122 e. The molecule has 0 radical (unpaired) electrons. The number of hydrogen-bond acceptors (Lipinski definition) is 2. The van der Waals surface area contributed by atoms with Crippen molar-refractivity contribution in [2.45, 2.75) is 40.2 Å². The zero-order valence-corrected chi connectivity index (χ0v) is 12.4. The summed E-state index contributed by atoms with van der Waals surface area (Å²) in [6.07, 6.45) is 1.07. The van der Waals surface area contributed by atoms with Gasteiger partial charge in [0, 0.05) is 6.04 Å². The number of rotatable bonds is 7. The van der Waals surface area contributed by atoms with Gasteiger partial charge in [-0.2, -0.15) is 0 Å². The predicted octanol–water partition coefficient (Wildman–Crippen LogP) is 3.51. The van der Waals surface area contributed by atoms with Crippen LogP contribution in [0, 0.1) is 11.8 Å². The van der Waals surface area contributed by atoms with Crippen molar-refractivity contribution in [1.82, 2.24) is 5.32 Å². The Morgan fingerprint density at radius 2 is 1.83 bits per heavy atom. The quantitative estimate of drug-likeness (QED) is 0.798. The zero-order chi connectivity index (χ0) is 13.5. The maximum atomic E-state index is 5.45. The maximum Gasteiger partial charge on any atom is 0.122 e. The highest BCUT2D eigenvalue weighted by Crippen LogP contribution is 2.26. The average molecular weight is 249 g/mol. The second kappa shape index (κ2) is 7.42. The normalized spacial score (nSPS) is 14.6. The van der Waals surface area contributed by atoms with E-state index in [1.54, 1.807) is 7.11 Å². The van der Waals surface area contributed by atoms with Gasteiger partial charge in [-0.05, 0) is 43.4 Å². The Kier molecular flexibility index (Phi) is 6.20. The molecule has 0 saturated heterocycles. The third-order valence-corrected chi connectivity index (χ3v) is 3.67. The van der Waals surface area contributed by atoms with Gasteiger partial charge in [0.15, 0.2) is 0 Å². The largest absolute Gasteiger partial charge is 0.496 e. The van der Waals surface area contributed by atoms with Crippen molar-refractivity contribution >= 4 is 0 Å². The molecule has 2 atom stereocenters. The van der Waals surface area contributed by atoms with Crippen LogP contribution in [-0.2, 0) is 6.42 Å². The molecule has 18 heavy (non-hydrogen) atoms. The fraction of sp³-hybridized carbons (Fsp3) is 0.625. The summed E-state index contributed by atoms with van der Waals surface area (Å²) in [6.45, 7) is 10.1. The molecule has 1 aromatic rings. The molecule has 0 bridgehead atoms. The summed E-state index contributed by atoms with van der Waals surface area (Å²) in [7, 11) is 1.75. The van der Waals surface area contributed by atoms with Gasteiger partial charge in [-0.3, -0.25) is 0 Å². The molecule has 0 heterocycles. The highest BCUT2D eigenvalue weighted by Gasteiger charge is 2.21. The van der Waals surface area contributed by atoms with Crippen LogP contribution >= 0.6 is 0 Å². The minimum Gasteiger partial charge on any atom is -0.496 e. The Bertz CT molecular complexity index is 349. The van der Waals surface area contributed by atoms with E-state index in [1.807, 2.05) is 12.1 Å². The highest BCUT2D eigenvalue weighted by molar-refractivity contribution is 5.33. The van der Waals surface area contributed by atoms with E-state index in [4.69, 9.17) is 4.74 Å². The fourth-order valence-corrected chi connectivity index (χ4v) is 2.59. The van der Waals surface area contributed by atoms with E-state index >= 15 is 0 Å². The van der Waals surface area contributed by atoms with E-state index in [0.717, 1.165) is 18.7 Å². The fourth-order valence-electron chi connectivity index (χ4n) is 2.59. The van der Waals surface area contributed by atoms with E-state index in [2.05, 4.69) is 45.1 Å². The lowest BCUT2D eigenvalue weighted by Crippen LogP contribution is -2.37. The Morgan fingerprint density at radius 3 is 2.39 bits per heavy atom. The van der Waals surface area contributed by atoms with Crippen LogP contribution in [0.1, 0.15) is 33.3 Å². The van der Waals surface area contributed by atoms with Crippen LogP contribution in [0.4, 0.5) is 0 Å². The number of nitrogens with one attached hydrogen (secondary N) is 1. The molecule has 0 aliphatic carbocycles. The Hall–Kier alpha value is -1.02. The van der Waals surface area contributed by atoms with E-state index in [9.17, 15) is 0 Å². The second-order valence-corrected chi connectivity index (χ2v) is 5.27. The lowest BCUT2D eigenvalue weighted by molar-refractivity contribution is 0.288. The van der Waals surface area contributed by atoms with Crippen molar-refractivity contribution in [3.63, 3.8) is 0 Å². The van der Waals surface area contributed by atoms with Gasteiger partial charge in [0.2, 0.25) is 0 Å². The van der Waals surface area contributed by atoms with Gasteiger partial charge in [-0.1, -0.05) is 39.0 Å². The summed E-state index contributed by atoms with van der Waals surface area (Å²) < 4.78 is 5.45. The van der Waals surface area contributed by atoms with Gasteiger partial charge >= 0.3 is 0 Å². The summed E-state index contributed by atoms with van der Waals surface area (Å²) in [5.74, 6) is 2.29. The topological polar surface area (TPSA) is 21.3 Å². The van der Waals surface area contributed by atoms with Gasteiger partial charge in [0.25, 0.3) is 0 Å². The first-order chi connectivity index (χ1) is 8.60. The Morgan fingerprint density at radius 1 is 1.17 bits per heavy atom. The first-order valence-corrected chi connectivity index (χ1v) is 6.95. The van der Waals surface area contributed by atoms with E-state index < -0.39 is 0 Å². The van der Waals surface area contributed by atoms with Crippen LogP contribution in [0.5, 0.6) is 5.75 Å². The van der Waals surface area contributed by atoms with Crippen molar-refractivity contribution < 1.29 is 4.74 Å². The third-order valence-electron chi connectivity index (χ3n) is 3.67. The molecule has 0 amide bonds. The zero-order valence-electron chi connectivity index (χ0n) is 12.4.